The van der Waals surface area contributed by atoms with Crippen molar-refractivity contribution in [2.24, 2.45) is 10.1 Å². The summed E-state index contributed by atoms with van der Waals surface area (Å²) in [5.74, 6) is -0.644. The van der Waals surface area contributed by atoms with Crippen molar-refractivity contribution in [3.63, 3.8) is 0 Å². The number of thioether (sulfide) groups is 1. The molecule has 0 aliphatic carbocycles. The summed E-state index contributed by atoms with van der Waals surface area (Å²) in [4.78, 5) is 15.3. The highest BCUT2D eigenvalue weighted by atomic mass is 32.2. The number of rotatable bonds is 3. The number of benzene rings is 1. The molecule has 20 heavy (non-hydrogen) atoms. The van der Waals surface area contributed by atoms with Gasteiger partial charge in [0.2, 0.25) is 5.17 Å². The van der Waals surface area contributed by atoms with Crippen LogP contribution in [0.3, 0.4) is 0 Å². The van der Waals surface area contributed by atoms with Gasteiger partial charge in [0.15, 0.2) is 0 Å². The summed E-state index contributed by atoms with van der Waals surface area (Å²) in [5.41, 5.74) is 3.79. The van der Waals surface area contributed by atoms with E-state index < -0.39 is 16.0 Å². The molecule has 1 aromatic rings. The summed E-state index contributed by atoms with van der Waals surface area (Å²) in [6.45, 7) is 1.90. The summed E-state index contributed by atoms with van der Waals surface area (Å²) >= 11 is 1.19. The minimum atomic E-state index is -4.35. The standard InChI is InChI=1S/C11H10N3O4S2/c1-2-9-13-14-11(19-9)12-10(15)7-4-3-5-8(6-7)20(16,17)18/h3-6H,2H2,1H3,(H,16,17,18). The first kappa shape index (κ1) is 14.7. The number of aliphatic imine (C=N–C) groups is 1. The van der Waals surface area contributed by atoms with Crippen molar-refractivity contribution in [3.8, 4) is 0 Å². The third-order valence-electron chi connectivity index (χ3n) is 2.33. The number of carbonyl (C=O) groups is 1. The molecule has 0 saturated heterocycles. The fourth-order valence-corrected chi connectivity index (χ4v) is 2.55. The molecule has 0 bridgehead atoms. The average molecular weight is 312 g/mol. The zero-order valence-electron chi connectivity index (χ0n) is 10.3. The Morgan fingerprint density at radius 2 is 2.20 bits per heavy atom. The highest BCUT2D eigenvalue weighted by molar-refractivity contribution is 8.26. The molecule has 9 heteroatoms. The molecule has 0 saturated carbocycles. The van der Waals surface area contributed by atoms with E-state index in [1.165, 1.54) is 30.0 Å². The lowest BCUT2D eigenvalue weighted by Gasteiger charge is -1.99. The fraction of sp³-hybridized carbons (Fsp3) is 0.182. The van der Waals surface area contributed by atoms with Crippen LogP contribution in [-0.2, 0) is 10.1 Å². The summed E-state index contributed by atoms with van der Waals surface area (Å²) in [6.07, 6.45) is 0.694. The summed E-state index contributed by atoms with van der Waals surface area (Å²) in [6, 6.07) is 5.00. The van der Waals surface area contributed by atoms with E-state index in [1.54, 1.807) is 0 Å². The Kier molecular flexibility index (Phi) is 4.21. The van der Waals surface area contributed by atoms with Crippen molar-refractivity contribution in [3.05, 3.63) is 29.8 Å². The van der Waals surface area contributed by atoms with E-state index in [-0.39, 0.29) is 15.6 Å². The van der Waals surface area contributed by atoms with Crippen molar-refractivity contribution in [2.45, 2.75) is 18.2 Å². The van der Waals surface area contributed by atoms with E-state index in [0.29, 0.717) is 6.42 Å². The summed E-state index contributed by atoms with van der Waals surface area (Å²) in [5, 5.41) is 4.79. The van der Waals surface area contributed by atoms with Gasteiger partial charge in [-0.1, -0.05) is 13.0 Å². The topological polar surface area (TPSA) is 110 Å². The lowest BCUT2D eigenvalue weighted by atomic mass is 10.2. The SMILES string of the molecule is CCC1=N[N]C(=NC(=O)c2cccc(S(=O)(=O)O)c2)S1. The van der Waals surface area contributed by atoms with Gasteiger partial charge in [0.25, 0.3) is 16.0 Å². The maximum atomic E-state index is 11.9. The molecule has 105 valence electrons. The van der Waals surface area contributed by atoms with Gasteiger partial charge in [0.05, 0.1) is 4.90 Å². The van der Waals surface area contributed by atoms with Crippen LogP contribution in [0.1, 0.15) is 23.7 Å². The van der Waals surface area contributed by atoms with Crippen molar-refractivity contribution in [1.29, 1.82) is 0 Å². The third-order valence-corrected chi connectivity index (χ3v) is 4.15. The smallest absolute Gasteiger partial charge is 0.282 e. The zero-order valence-corrected chi connectivity index (χ0v) is 12.0. The van der Waals surface area contributed by atoms with Gasteiger partial charge in [-0.05, 0) is 36.4 Å². The molecule has 2 rings (SSSR count). The number of carbonyl (C=O) groups excluding carboxylic acids is 1. The fourth-order valence-electron chi connectivity index (χ4n) is 1.37. The van der Waals surface area contributed by atoms with Crippen molar-refractivity contribution < 1.29 is 17.8 Å². The lowest BCUT2D eigenvalue weighted by Crippen LogP contribution is -2.06. The van der Waals surface area contributed by atoms with Gasteiger partial charge in [-0.3, -0.25) is 9.35 Å². The maximum absolute atomic E-state index is 11.9. The Morgan fingerprint density at radius 1 is 1.45 bits per heavy atom. The van der Waals surface area contributed by atoms with Gasteiger partial charge in [-0.25, -0.2) is 0 Å². The van der Waals surface area contributed by atoms with Gasteiger partial charge in [-0.15, -0.1) is 10.5 Å². The van der Waals surface area contributed by atoms with Crippen LogP contribution >= 0.6 is 11.8 Å². The van der Waals surface area contributed by atoms with Crippen LogP contribution in [0.5, 0.6) is 0 Å². The van der Waals surface area contributed by atoms with Gasteiger partial charge >= 0.3 is 0 Å². The summed E-state index contributed by atoms with van der Waals surface area (Å²) in [7, 11) is -4.35. The lowest BCUT2D eigenvalue weighted by molar-refractivity contribution is 0.100. The van der Waals surface area contributed by atoms with Crippen LogP contribution in [0.15, 0.2) is 39.3 Å². The van der Waals surface area contributed by atoms with Crippen LogP contribution in [0.25, 0.3) is 0 Å². The van der Waals surface area contributed by atoms with Gasteiger partial charge in [-0.2, -0.15) is 13.4 Å². The van der Waals surface area contributed by atoms with Crippen LogP contribution in [0, 0.1) is 0 Å². The number of amidine groups is 1. The average Bonchev–Trinajstić information content (AvgIpc) is 2.85. The molecule has 0 atom stereocenters. The molecular formula is C11H10N3O4S2. The Labute approximate surface area is 119 Å². The largest absolute Gasteiger partial charge is 0.294 e. The first-order valence-corrected chi connectivity index (χ1v) is 7.82. The predicted molar refractivity (Wildman–Crippen MR) is 75.5 cm³/mol. The Hall–Kier alpha value is -1.71. The van der Waals surface area contributed by atoms with Gasteiger partial charge in [0, 0.05) is 5.56 Å². The second-order valence-electron chi connectivity index (χ2n) is 3.75. The third kappa shape index (κ3) is 3.44. The molecule has 1 aliphatic heterocycles. The second kappa shape index (κ2) is 5.73. The van der Waals surface area contributed by atoms with Crippen molar-refractivity contribution in [1.82, 2.24) is 5.43 Å². The van der Waals surface area contributed by atoms with Gasteiger partial charge in [0.1, 0.15) is 5.04 Å². The molecular weight excluding hydrogens is 302 g/mol. The summed E-state index contributed by atoms with van der Waals surface area (Å²) < 4.78 is 30.9. The zero-order chi connectivity index (χ0) is 14.8. The molecule has 0 fully saturated rings. The number of hydrogen-bond acceptors (Lipinski definition) is 5. The van der Waals surface area contributed by atoms with Crippen LogP contribution in [0.2, 0.25) is 0 Å². The highest BCUT2D eigenvalue weighted by Gasteiger charge is 2.18. The van der Waals surface area contributed by atoms with E-state index in [1.807, 2.05) is 6.92 Å². The molecule has 1 radical (unpaired) electrons. The molecule has 1 heterocycles. The number of nitrogens with zero attached hydrogens (tertiary/aromatic N) is 3. The molecule has 1 amide bonds. The van der Waals surface area contributed by atoms with E-state index >= 15 is 0 Å². The first-order valence-electron chi connectivity index (χ1n) is 5.56. The molecule has 0 unspecified atom stereocenters. The Morgan fingerprint density at radius 3 is 2.80 bits per heavy atom. The quantitative estimate of drug-likeness (QED) is 0.850. The second-order valence-corrected chi connectivity index (χ2v) is 6.21. The minimum absolute atomic E-state index is 0.0494. The first-order chi connectivity index (χ1) is 9.40. The predicted octanol–water partition coefficient (Wildman–Crippen LogP) is 1.50. The van der Waals surface area contributed by atoms with Crippen molar-refractivity contribution >= 4 is 38.0 Å². The Bertz CT molecular complexity index is 710. The van der Waals surface area contributed by atoms with E-state index in [0.717, 1.165) is 11.1 Å². The highest BCUT2D eigenvalue weighted by Crippen LogP contribution is 2.17. The minimum Gasteiger partial charge on any atom is -0.282 e. The van der Waals surface area contributed by atoms with E-state index in [9.17, 15) is 13.2 Å². The molecule has 1 aliphatic rings. The van der Waals surface area contributed by atoms with E-state index in [4.69, 9.17) is 4.55 Å². The molecule has 0 spiro atoms. The van der Waals surface area contributed by atoms with Crippen molar-refractivity contribution in [2.75, 3.05) is 0 Å². The maximum Gasteiger partial charge on any atom is 0.294 e. The normalized spacial score (nSPS) is 16.9. The molecule has 1 N–H and O–H groups in total. The number of hydrogen-bond donors (Lipinski definition) is 1. The molecule has 7 nitrogen and oxygen atoms in total. The Balaban J connectivity index is 2.21. The molecule has 0 aromatic heterocycles. The van der Waals surface area contributed by atoms with Crippen LogP contribution < -0.4 is 5.43 Å². The monoisotopic (exact) mass is 312 g/mol. The van der Waals surface area contributed by atoms with E-state index in [2.05, 4.69) is 15.5 Å². The van der Waals surface area contributed by atoms with Gasteiger partial charge < -0.3 is 0 Å². The molecule has 1 aromatic carbocycles. The van der Waals surface area contributed by atoms with Crippen LogP contribution in [-0.4, -0.2) is 29.1 Å². The van der Waals surface area contributed by atoms with Crippen LogP contribution in [0.4, 0.5) is 0 Å². The number of amides is 1.